The molecule has 6 rings (SSSR count). The van der Waals surface area contributed by atoms with Crippen molar-refractivity contribution in [1.82, 2.24) is 0 Å². The monoisotopic (exact) mass is 879 g/mol. The largest absolute Gasteiger partial charge is 1.00 e. The van der Waals surface area contributed by atoms with Crippen molar-refractivity contribution in [3.8, 4) is 0 Å². The summed E-state index contributed by atoms with van der Waals surface area (Å²) in [6.45, 7) is 9.06. The van der Waals surface area contributed by atoms with E-state index in [-0.39, 0.29) is 59.3 Å². The Morgan fingerprint density at radius 1 is 0.787 bits per heavy atom. The summed E-state index contributed by atoms with van der Waals surface area (Å²) < 4.78 is 68.6. The summed E-state index contributed by atoms with van der Waals surface area (Å²) in [6, 6.07) is 20.2. The normalized spacial score (nSPS) is 18.5. The second-order valence-electron chi connectivity index (χ2n) is 16.7. The molecule has 0 amide bonds. The molecule has 0 fully saturated rings. The number of allylic oxidation sites excluding steroid dienone is 8. The maximum Gasteiger partial charge on any atom is 1.00 e. The maximum atomic E-state index is 12.0. The third-order valence-corrected chi connectivity index (χ3v) is 13.4. The van der Waals surface area contributed by atoms with E-state index in [4.69, 9.17) is 0 Å². The van der Waals surface area contributed by atoms with Gasteiger partial charge in [0, 0.05) is 53.2 Å². The van der Waals surface area contributed by atoms with Crippen molar-refractivity contribution in [3.63, 3.8) is 0 Å². The van der Waals surface area contributed by atoms with E-state index < -0.39 is 48.8 Å². The van der Waals surface area contributed by atoms with Gasteiger partial charge in [-0.1, -0.05) is 56.3 Å². The molecular weight excluding hydrogens is 828 g/mol. The van der Waals surface area contributed by atoms with E-state index in [1.54, 1.807) is 36.4 Å². The number of nitrogens with zero attached hydrogens (tertiary/aromatic N) is 2. The molecule has 0 bridgehead atoms. The van der Waals surface area contributed by atoms with Gasteiger partial charge >= 0.3 is 41.5 Å². The second-order valence-corrected chi connectivity index (χ2v) is 19.8. The first kappa shape index (κ1) is 47.9. The van der Waals surface area contributed by atoms with Crippen LogP contribution in [0.1, 0.15) is 110 Å². The van der Waals surface area contributed by atoms with Crippen molar-refractivity contribution in [1.29, 1.82) is 0 Å². The van der Waals surface area contributed by atoms with Crippen molar-refractivity contribution in [2.75, 3.05) is 29.5 Å². The minimum absolute atomic E-state index is 0. The Hall–Kier alpha value is -4.15. The van der Waals surface area contributed by atoms with Crippen molar-refractivity contribution in [3.05, 3.63) is 136 Å². The van der Waals surface area contributed by atoms with Crippen molar-refractivity contribution >= 4 is 54.8 Å². The van der Waals surface area contributed by atoms with Crippen LogP contribution in [0.3, 0.4) is 0 Å². The molecule has 1 aliphatic carbocycles. The Morgan fingerprint density at radius 3 is 2.07 bits per heavy atom. The molecule has 2 heterocycles. The van der Waals surface area contributed by atoms with Crippen LogP contribution in [-0.4, -0.2) is 83.0 Å². The van der Waals surface area contributed by atoms with Gasteiger partial charge in [0.1, 0.15) is 6.54 Å². The average Bonchev–Trinajstić information content (AvgIpc) is 3.52. The Kier molecular flexibility index (Phi) is 15.0. The van der Waals surface area contributed by atoms with Crippen molar-refractivity contribution < 1.29 is 79.9 Å². The molecule has 3 aromatic carbocycles. The molecule has 0 aromatic heterocycles. The molecule has 12 nitrogen and oxygen atoms in total. The van der Waals surface area contributed by atoms with Crippen molar-refractivity contribution in [2.45, 2.75) is 83.5 Å². The SMILES string of the molecule is CC1(C)C(=CC=C2CCCC(C=CC3=[N+](CCCCS(=O)(=O)O)c4ccc(C(=O)O)cc4C3(C)C)=C2c2ccccc2)N(CCCCS(=O)(=O)[O-])c2ccc(C(=O)O)cc21.[Na+]. The van der Waals surface area contributed by atoms with Crippen LogP contribution in [0.2, 0.25) is 0 Å². The number of carbonyl (C=O) groups is 2. The third kappa shape index (κ3) is 10.9. The van der Waals surface area contributed by atoms with E-state index in [0.717, 1.165) is 75.5 Å². The molecule has 0 unspecified atom stereocenters. The molecule has 3 aliphatic rings. The van der Waals surface area contributed by atoms with Crippen LogP contribution in [-0.2, 0) is 31.1 Å². The molecular formula is C46H52N2NaO10S2+. The van der Waals surface area contributed by atoms with E-state index in [0.29, 0.717) is 25.9 Å². The quantitative estimate of drug-likeness (QED) is 0.0736. The number of hydrogen-bond acceptors (Lipinski definition) is 8. The van der Waals surface area contributed by atoms with Gasteiger partial charge in [0.15, 0.2) is 5.71 Å². The van der Waals surface area contributed by atoms with Crippen LogP contribution in [0.5, 0.6) is 0 Å². The Balaban J connectivity index is 0.00000704. The van der Waals surface area contributed by atoms with Gasteiger partial charge < -0.3 is 19.7 Å². The summed E-state index contributed by atoms with van der Waals surface area (Å²) in [5, 5.41) is 19.6. The van der Waals surface area contributed by atoms with Crippen LogP contribution in [0.25, 0.3) is 5.57 Å². The standard InChI is InChI=1S/C46H52N2O10S2.Na/c1-45(2)36-29-34(43(49)50)17-21-38(36)47(25-8-10-27-59(53,54)55)40(45)23-19-32-15-12-16-33(42(32)31-13-6-5-7-14-31)20-24-41-46(3,4)37-30-35(44(51)52)18-22-39(37)48(41)26-9-11-28-60(56,57)58;/h5-7,13-14,17-24,29-30H,8-12,15-16,25-28H2,1-4H3,(H3-,49,50,51,52,53,54,55,56,57,58);/q;+1. The number of carboxylic acid groups (broad SMARTS) is 2. The van der Waals surface area contributed by atoms with Gasteiger partial charge in [-0.25, -0.2) is 18.0 Å². The van der Waals surface area contributed by atoms with Gasteiger partial charge in [0.25, 0.3) is 10.1 Å². The van der Waals surface area contributed by atoms with Gasteiger partial charge in [0.05, 0.1) is 32.4 Å². The molecule has 318 valence electrons. The summed E-state index contributed by atoms with van der Waals surface area (Å²) in [6.07, 6.45) is 12.2. The third-order valence-electron chi connectivity index (χ3n) is 11.8. The zero-order chi connectivity index (χ0) is 43.6. The molecule has 61 heavy (non-hydrogen) atoms. The minimum Gasteiger partial charge on any atom is -0.748 e. The van der Waals surface area contributed by atoms with Crippen LogP contribution in [0.15, 0.2) is 108 Å². The van der Waals surface area contributed by atoms with E-state index in [2.05, 4.69) is 45.9 Å². The maximum absolute atomic E-state index is 12.0. The number of hydrogen-bond donors (Lipinski definition) is 3. The van der Waals surface area contributed by atoms with Gasteiger partial charge in [-0.15, -0.1) is 0 Å². The number of rotatable bonds is 16. The predicted molar refractivity (Wildman–Crippen MR) is 232 cm³/mol. The predicted octanol–water partition coefficient (Wildman–Crippen LogP) is 5.26. The Morgan fingerprint density at radius 2 is 1.43 bits per heavy atom. The molecule has 0 saturated carbocycles. The molecule has 0 radical (unpaired) electrons. The fraction of sp³-hybridized carbons (Fsp3) is 0.370. The second kappa shape index (κ2) is 19.1. The summed E-state index contributed by atoms with van der Waals surface area (Å²) in [5.74, 6) is -2.88. The number of benzene rings is 3. The summed E-state index contributed by atoms with van der Waals surface area (Å²) in [5.41, 5.74) is 8.65. The molecule has 2 aliphatic heterocycles. The number of anilines is 1. The van der Waals surface area contributed by atoms with Gasteiger partial charge in [-0.3, -0.25) is 4.55 Å². The number of carboxylic acids is 2. The smallest absolute Gasteiger partial charge is 0.748 e. The molecule has 15 heteroatoms. The fourth-order valence-corrected chi connectivity index (χ4v) is 9.92. The first-order chi connectivity index (χ1) is 28.2. The van der Waals surface area contributed by atoms with Crippen LogP contribution >= 0.6 is 0 Å². The number of aromatic carboxylic acids is 2. The zero-order valence-electron chi connectivity index (χ0n) is 35.3. The van der Waals surface area contributed by atoms with Crippen LogP contribution in [0, 0.1) is 0 Å². The Labute approximate surface area is 380 Å². The molecule has 0 saturated heterocycles. The molecule has 0 atom stereocenters. The van der Waals surface area contributed by atoms with Gasteiger partial charge in [0.2, 0.25) is 5.69 Å². The average molecular weight is 880 g/mol. The summed E-state index contributed by atoms with van der Waals surface area (Å²) in [7, 11) is -8.48. The summed E-state index contributed by atoms with van der Waals surface area (Å²) in [4.78, 5) is 26.1. The van der Waals surface area contributed by atoms with Crippen molar-refractivity contribution in [2.24, 2.45) is 0 Å². The van der Waals surface area contributed by atoms with Crippen LogP contribution in [0.4, 0.5) is 11.4 Å². The van der Waals surface area contributed by atoms with E-state index >= 15 is 0 Å². The first-order valence-corrected chi connectivity index (χ1v) is 23.3. The Bertz CT molecular complexity index is 2590. The fourth-order valence-electron chi connectivity index (χ4n) is 8.80. The number of fused-ring (bicyclic) bond motifs is 2. The first-order valence-electron chi connectivity index (χ1n) is 20.1. The summed E-state index contributed by atoms with van der Waals surface area (Å²) >= 11 is 0. The molecule has 3 N–H and O–H groups in total. The van der Waals surface area contributed by atoms with Gasteiger partial charge in [-0.2, -0.15) is 13.0 Å². The minimum atomic E-state index is -4.37. The molecule has 0 spiro atoms. The molecule has 3 aromatic rings. The van der Waals surface area contributed by atoms with E-state index in [1.807, 2.05) is 45.9 Å². The topological polar surface area (TPSA) is 192 Å². The van der Waals surface area contributed by atoms with Crippen LogP contribution < -0.4 is 34.5 Å². The van der Waals surface area contributed by atoms with Gasteiger partial charge in [-0.05, 0) is 117 Å². The zero-order valence-corrected chi connectivity index (χ0v) is 39.0. The number of unbranched alkanes of at least 4 members (excludes halogenated alkanes) is 2. The van der Waals surface area contributed by atoms with E-state index in [1.165, 1.54) is 0 Å². The van der Waals surface area contributed by atoms with E-state index in [9.17, 15) is 45.7 Å².